The summed E-state index contributed by atoms with van der Waals surface area (Å²) in [5.74, 6) is -0.792. The summed E-state index contributed by atoms with van der Waals surface area (Å²) in [5, 5.41) is 51.9. The molecule has 0 spiro atoms. The number of benzene rings is 2. The van der Waals surface area contributed by atoms with Crippen molar-refractivity contribution < 1.29 is 30.3 Å². The second-order valence-corrected chi connectivity index (χ2v) is 11.1. The topological polar surface area (TPSA) is 118 Å². The molecule has 0 saturated heterocycles. The van der Waals surface area contributed by atoms with E-state index in [-0.39, 0.29) is 52.4 Å². The predicted molar refractivity (Wildman–Crippen MR) is 157 cm³/mol. The highest BCUT2D eigenvalue weighted by molar-refractivity contribution is 5.97. The van der Waals surface area contributed by atoms with Gasteiger partial charge in [-0.15, -0.1) is 0 Å². The molecule has 0 radical (unpaired) electrons. The summed E-state index contributed by atoms with van der Waals surface area (Å²) in [7, 11) is 0. The van der Waals surface area contributed by atoms with E-state index in [1.54, 1.807) is 13.0 Å². The number of aliphatic hydroxyl groups is 1. The molecule has 0 bridgehead atoms. The monoisotopic (exact) mass is 542 g/mol. The fourth-order valence-electron chi connectivity index (χ4n) is 5.31. The molecule has 1 unspecified atom stereocenters. The summed E-state index contributed by atoms with van der Waals surface area (Å²) < 4.78 is 0. The zero-order chi connectivity index (χ0) is 28.8. The van der Waals surface area contributed by atoms with Crippen LogP contribution >= 0.6 is 0 Å². The lowest BCUT2D eigenvalue weighted by atomic mass is 9.91. The Kier molecular flexibility index (Phi) is 14.2. The van der Waals surface area contributed by atoms with Gasteiger partial charge >= 0.3 is 0 Å². The number of ketones is 1. The molecule has 1 atom stereocenters. The maximum absolute atomic E-state index is 12.0. The molecule has 0 saturated carbocycles. The smallest absolute Gasteiger partial charge is 0.163 e. The van der Waals surface area contributed by atoms with Gasteiger partial charge in [0.25, 0.3) is 0 Å². The lowest BCUT2D eigenvalue weighted by Crippen LogP contribution is -2.05. The van der Waals surface area contributed by atoms with E-state index in [0.29, 0.717) is 17.5 Å². The maximum atomic E-state index is 12.0. The number of rotatable bonds is 19. The molecule has 0 aliphatic carbocycles. The Morgan fingerprint density at radius 2 is 1.31 bits per heavy atom. The number of carbonyl (C=O) groups is 1. The summed E-state index contributed by atoms with van der Waals surface area (Å²) in [5.41, 5.74) is 2.13. The van der Waals surface area contributed by atoms with E-state index in [1.165, 1.54) is 64.0 Å². The van der Waals surface area contributed by atoms with Crippen molar-refractivity contribution in [2.75, 3.05) is 0 Å². The Hall–Kier alpha value is -2.73. The van der Waals surface area contributed by atoms with Crippen LogP contribution in [0.1, 0.15) is 136 Å². The van der Waals surface area contributed by atoms with Crippen molar-refractivity contribution >= 4 is 5.78 Å². The van der Waals surface area contributed by atoms with Crippen LogP contribution in [0.3, 0.4) is 0 Å². The van der Waals surface area contributed by atoms with E-state index in [1.807, 2.05) is 0 Å². The molecule has 0 aromatic heterocycles. The number of unbranched alkanes of at least 4 members (excludes halogenated alkanes) is 10. The molecule has 2 aromatic rings. The summed E-state index contributed by atoms with van der Waals surface area (Å²) in [6, 6.07) is 4.36. The van der Waals surface area contributed by atoms with E-state index in [2.05, 4.69) is 6.92 Å². The van der Waals surface area contributed by atoms with Crippen LogP contribution in [0.2, 0.25) is 0 Å². The van der Waals surface area contributed by atoms with Crippen molar-refractivity contribution in [2.24, 2.45) is 0 Å². The number of hydrogen-bond acceptors (Lipinski definition) is 6. The number of aryl methyl sites for hydroxylation is 2. The number of phenols is 4. The molecular formula is C33H50O6. The van der Waals surface area contributed by atoms with Crippen molar-refractivity contribution in [3.8, 4) is 23.0 Å². The summed E-state index contributed by atoms with van der Waals surface area (Å²) in [6.45, 7) is 5.22. The van der Waals surface area contributed by atoms with Crippen molar-refractivity contribution in [2.45, 2.75) is 130 Å². The Bertz CT molecular complexity index is 1050. The molecule has 5 N–H and O–H groups in total. The number of carbonyl (C=O) groups excluding carboxylic acids is 1. The summed E-state index contributed by atoms with van der Waals surface area (Å²) in [4.78, 5) is 12.0. The van der Waals surface area contributed by atoms with Crippen molar-refractivity contribution in [1.29, 1.82) is 0 Å². The van der Waals surface area contributed by atoms with Crippen LogP contribution in [0.5, 0.6) is 23.0 Å². The van der Waals surface area contributed by atoms with Crippen LogP contribution in [0, 0.1) is 6.92 Å². The highest BCUT2D eigenvalue weighted by atomic mass is 16.3. The van der Waals surface area contributed by atoms with Crippen molar-refractivity contribution in [3.63, 3.8) is 0 Å². The highest BCUT2D eigenvalue weighted by Crippen LogP contribution is 2.39. The van der Waals surface area contributed by atoms with E-state index >= 15 is 0 Å². The van der Waals surface area contributed by atoms with Gasteiger partial charge in [-0.05, 0) is 62.8 Å². The number of hydrogen-bond donors (Lipinski definition) is 5. The van der Waals surface area contributed by atoms with Crippen LogP contribution < -0.4 is 0 Å². The van der Waals surface area contributed by atoms with E-state index in [0.717, 1.165) is 50.5 Å². The molecule has 0 aliphatic heterocycles. The predicted octanol–water partition coefficient (Wildman–Crippen LogP) is 8.00. The van der Waals surface area contributed by atoms with E-state index < -0.39 is 0 Å². The van der Waals surface area contributed by atoms with Gasteiger partial charge < -0.3 is 25.5 Å². The average molecular weight is 543 g/mol. The maximum Gasteiger partial charge on any atom is 0.163 e. The minimum absolute atomic E-state index is 0.0261. The molecule has 39 heavy (non-hydrogen) atoms. The molecule has 0 amide bonds. The third-order valence-corrected chi connectivity index (χ3v) is 7.72. The molecule has 0 fully saturated rings. The molecule has 2 aromatic carbocycles. The Labute approximate surface area is 234 Å². The zero-order valence-electron chi connectivity index (χ0n) is 24.3. The highest BCUT2D eigenvalue weighted by Gasteiger charge is 2.21. The molecule has 0 aliphatic rings. The van der Waals surface area contributed by atoms with Gasteiger partial charge in [-0.1, -0.05) is 77.6 Å². The van der Waals surface area contributed by atoms with Gasteiger partial charge in [0.15, 0.2) is 5.78 Å². The largest absolute Gasteiger partial charge is 0.508 e. The first-order valence-corrected chi connectivity index (χ1v) is 14.9. The fourth-order valence-corrected chi connectivity index (χ4v) is 5.31. The van der Waals surface area contributed by atoms with Gasteiger partial charge in [0, 0.05) is 23.6 Å². The first-order chi connectivity index (χ1) is 18.6. The molecule has 6 nitrogen and oxygen atoms in total. The Balaban J connectivity index is 1.79. The minimum atomic E-state index is -0.302. The summed E-state index contributed by atoms with van der Waals surface area (Å²) >= 11 is 0. The number of aromatic hydroxyl groups is 4. The SMILES string of the molecule is CCCCCC(O)CCCCCCCCCCCc1cc(O)cc(O)c1Cc1c(O)c(C)cc(C(C)=O)c1O. The fraction of sp³-hybridized carbons (Fsp3) is 0.606. The number of phenolic OH excluding ortho intramolecular Hbond substituents is 4. The zero-order valence-corrected chi connectivity index (χ0v) is 24.3. The quantitative estimate of drug-likeness (QED) is 0.0906. The third kappa shape index (κ3) is 10.7. The van der Waals surface area contributed by atoms with Crippen LogP contribution in [0.15, 0.2) is 18.2 Å². The Morgan fingerprint density at radius 3 is 1.90 bits per heavy atom. The van der Waals surface area contributed by atoms with Crippen LogP contribution in [0.4, 0.5) is 0 Å². The average Bonchev–Trinajstić information content (AvgIpc) is 2.88. The van der Waals surface area contributed by atoms with Gasteiger partial charge in [-0.2, -0.15) is 0 Å². The first kappa shape index (κ1) is 32.5. The van der Waals surface area contributed by atoms with Gasteiger partial charge in [0.2, 0.25) is 0 Å². The molecular weight excluding hydrogens is 492 g/mol. The second kappa shape index (κ2) is 17.1. The van der Waals surface area contributed by atoms with Crippen molar-refractivity contribution in [3.05, 3.63) is 46.0 Å². The first-order valence-electron chi connectivity index (χ1n) is 14.9. The molecule has 2 rings (SSSR count). The minimum Gasteiger partial charge on any atom is -0.508 e. The third-order valence-electron chi connectivity index (χ3n) is 7.72. The number of aliphatic hydroxyl groups excluding tert-OH is 1. The van der Waals surface area contributed by atoms with Gasteiger partial charge in [-0.25, -0.2) is 0 Å². The van der Waals surface area contributed by atoms with Crippen LogP contribution in [-0.4, -0.2) is 37.4 Å². The lowest BCUT2D eigenvalue weighted by molar-refractivity contribution is 0.101. The van der Waals surface area contributed by atoms with Crippen molar-refractivity contribution in [1.82, 2.24) is 0 Å². The van der Waals surface area contributed by atoms with Crippen LogP contribution in [0.25, 0.3) is 0 Å². The molecule has 0 heterocycles. The van der Waals surface area contributed by atoms with Gasteiger partial charge in [0.05, 0.1) is 11.7 Å². The lowest BCUT2D eigenvalue weighted by Gasteiger charge is -2.17. The standard InChI is InChI=1S/C33H50O6/c1-4-5-13-17-26(35)18-15-12-10-8-6-7-9-11-14-16-25-20-27(36)21-31(37)29(25)22-30-32(38)23(2)19-28(24(3)34)33(30)39/h19-21,26,35-39H,4-18,22H2,1-3H3. The Morgan fingerprint density at radius 1 is 0.744 bits per heavy atom. The summed E-state index contributed by atoms with van der Waals surface area (Å²) in [6.07, 6.45) is 16.2. The normalized spacial score (nSPS) is 12.1. The number of Topliss-reactive ketones (excluding diaryl/α,β-unsaturated/α-hetero) is 1. The van der Waals surface area contributed by atoms with Gasteiger partial charge in [0.1, 0.15) is 23.0 Å². The second-order valence-electron chi connectivity index (χ2n) is 11.1. The van der Waals surface area contributed by atoms with E-state index in [4.69, 9.17) is 0 Å². The van der Waals surface area contributed by atoms with E-state index in [9.17, 15) is 30.3 Å². The molecule has 6 heteroatoms. The van der Waals surface area contributed by atoms with Gasteiger partial charge in [-0.3, -0.25) is 4.79 Å². The van der Waals surface area contributed by atoms with Crippen LogP contribution in [-0.2, 0) is 12.8 Å². The molecule has 218 valence electrons.